The summed E-state index contributed by atoms with van der Waals surface area (Å²) in [4.78, 5) is 14.7. The normalized spacial score (nSPS) is 21.2. The minimum Gasteiger partial charge on any atom is -0.304 e. The van der Waals surface area contributed by atoms with Crippen molar-refractivity contribution in [3.63, 3.8) is 0 Å². The first kappa shape index (κ1) is 12.9. The van der Waals surface area contributed by atoms with Gasteiger partial charge in [0, 0.05) is 11.1 Å². The standard InChI is InChI=1S/C18H19NO/c1-18(2)13-16(14-9-5-3-6-10-14)19(17(18)20)15-11-7-4-8-12-15/h3-12,16H,13H2,1-2H3. The van der Waals surface area contributed by atoms with E-state index in [1.165, 1.54) is 5.56 Å². The molecule has 20 heavy (non-hydrogen) atoms. The number of amides is 1. The van der Waals surface area contributed by atoms with E-state index < -0.39 is 0 Å². The molecule has 1 fully saturated rings. The van der Waals surface area contributed by atoms with Gasteiger partial charge >= 0.3 is 0 Å². The fraction of sp³-hybridized carbons (Fsp3) is 0.278. The van der Waals surface area contributed by atoms with Crippen molar-refractivity contribution in [2.75, 3.05) is 4.90 Å². The van der Waals surface area contributed by atoms with Crippen molar-refractivity contribution in [3.05, 3.63) is 66.2 Å². The third-order valence-corrected chi connectivity index (χ3v) is 4.03. The van der Waals surface area contributed by atoms with Gasteiger partial charge in [0.2, 0.25) is 5.91 Å². The Bertz CT molecular complexity index is 604. The molecule has 0 spiro atoms. The van der Waals surface area contributed by atoms with E-state index in [1.54, 1.807) is 0 Å². The highest BCUT2D eigenvalue weighted by Gasteiger charge is 2.46. The van der Waals surface area contributed by atoms with E-state index in [2.05, 4.69) is 12.1 Å². The van der Waals surface area contributed by atoms with Crippen molar-refractivity contribution in [2.45, 2.75) is 26.3 Å². The molecule has 2 nitrogen and oxygen atoms in total. The largest absolute Gasteiger partial charge is 0.304 e. The van der Waals surface area contributed by atoms with E-state index in [0.717, 1.165) is 12.1 Å². The summed E-state index contributed by atoms with van der Waals surface area (Å²) < 4.78 is 0. The number of rotatable bonds is 2. The fourth-order valence-electron chi connectivity index (χ4n) is 2.96. The van der Waals surface area contributed by atoms with Crippen LogP contribution < -0.4 is 4.90 Å². The highest BCUT2D eigenvalue weighted by Crippen LogP contribution is 2.45. The van der Waals surface area contributed by atoms with Crippen molar-refractivity contribution in [3.8, 4) is 0 Å². The summed E-state index contributed by atoms with van der Waals surface area (Å²) in [6, 6.07) is 20.4. The van der Waals surface area contributed by atoms with Crippen LogP contribution in [0.3, 0.4) is 0 Å². The lowest BCUT2D eigenvalue weighted by atomic mass is 9.88. The lowest BCUT2D eigenvalue weighted by Gasteiger charge is -2.25. The summed E-state index contributed by atoms with van der Waals surface area (Å²) in [6.45, 7) is 4.07. The van der Waals surface area contributed by atoms with Crippen LogP contribution in [0.5, 0.6) is 0 Å². The first-order valence-electron chi connectivity index (χ1n) is 7.03. The van der Waals surface area contributed by atoms with Gasteiger partial charge in [0.1, 0.15) is 0 Å². The summed E-state index contributed by atoms with van der Waals surface area (Å²) >= 11 is 0. The molecule has 0 radical (unpaired) electrons. The number of nitrogens with zero attached hydrogens (tertiary/aromatic N) is 1. The molecule has 1 aliphatic heterocycles. The maximum atomic E-state index is 12.7. The molecule has 1 aliphatic rings. The lowest BCUT2D eigenvalue weighted by Crippen LogP contribution is -2.32. The fourth-order valence-corrected chi connectivity index (χ4v) is 2.96. The molecule has 0 N–H and O–H groups in total. The van der Waals surface area contributed by atoms with Crippen LogP contribution in [0.15, 0.2) is 60.7 Å². The molecular formula is C18H19NO. The predicted molar refractivity (Wildman–Crippen MR) is 81.5 cm³/mol. The molecule has 2 aromatic rings. The van der Waals surface area contributed by atoms with Gasteiger partial charge in [-0.3, -0.25) is 4.79 Å². The lowest BCUT2D eigenvalue weighted by molar-refractivity contribution is -0.124. The molecule has 1 unspecified atom stereocenters. The third kappa shape index (κ3) is 2.11. The monoisotopic (exact) mass is 265 g/mol. The van der Waals surface area contributed by atoms with Crippen LogP contribution in [0, 0.1) is 5.41 Å². The zero-order valence-electron chi connectivity index (χ0n) is 11.9. The maximum Gasteiger partial charge on any atom is 0.233 e. The van der Waals surface area contributed by atoms with Crippen molar-refractivity contribution >= 4 is 11.6 Å². The number of anilines is 1. The molecule has 1 amide bonds. The molecule has 0 saturated carbocycles. The van der Waals surface area contributed by atoms with Gasteiger partial charge in [-0.15, -0.1) is 0 Å². The van der Waals surface area contributed by atoms with Crippen LogP contribution in [0.25, 0.3) is 0 Å². The Labute approximate surface area is 120 Å². The summed E-state index contributed by atoms with van der Waals surface area (Å²) in [7, 11) is 0. The molecule has 1 saturated heterocycles. The summed E-state index contributed by atoms with van der Waals surface area (Å²) in [5.74, 6) is 0.206. The number of carbonyl (C=O) groups excluding carboxylic acids is 1. The molecule has 0 aromatic heterocycles. The van der Waals surface area contributed by atoms with E-state index in [0.29, 0.717) is 0 Å². The highest BCUT2D eigenvalue weighted by atomic mass is 16.2. The number of benzene rings is 2. The van der Waals surface area contributed by atoms with Gasteiger partial charge in [-0.2, -0.15) is 0 Å². The van der Waals surface area contributed by atoms with Crippen LogP contribution in [0.4, 0.5) is 5.69 Å². The Hall–Kier alpha value is -2.09. The van der Waals surface area contributed by atoms with Gasteiger partial charge in [-0.05, 0) is 24.1 Å². The van der Waals surface area contributed by atoms with Crippen LogP contribution in [0.1, 0.15) is 31.9 Å². The number of carbonyl (C=O) groups is 1. The summed E-state index contributed by atoms with van der Waals surface area (Å²) in [6.07, 6.45) is 0.852. The smallest absolute Gasteiger partial charge is 0.233 e. The quantitative estimate of drug-likeness (QED) is 0.797. The van der Waals surface area contributed by atoms with E-state index in [4.69, 9.17) is 0 Å². The number of hydrogen-bond acceptors (Lipinski definition) is 1. The molecule has 102 valence electrons. The molecule has 2 heteroatoms. The predicted octanol–water partition coefficient (Wildman–Crippen LogP) is 4.19. The van der Waals surface area contributed by atoms with Crippen LogP contribution >= 0.6 is 0 Å². The van der Waals surface area contributed by atoms with E-state index in [1.807, 2.05) is 67.3 Å². The average molecular weight is 265 g/mol. The molecule has 0 aliphatic carbocycles. The molecule has 2 aromatic carbocycles. The highest BCUT2D eigenvalue weighted by molar-refractivity contribution is 6.00. The minimum atomic E-state index is -0.309. The SMILES string of the molecule is CC1(C)CC(c2ccccc2)N(c2ccccc2)C1=O. The van der Waals surface area contributed by atoms with Crippen LogP contribution in [0.2, 0.25) is 0 Å². The second-order valence-electron chi connectivity index (χ2n) is 6.03. The van der Waals surface area contributed by atoms with Crippen molar-refractivity contribution in [1.29, 1.82) is 0 Å². The van der Waals surface area contributed by atoms with Crippen molar-refractivity contribution < 1.29 is 4.79 Å². The number of para-hydroxylation sites is 1. The molecule has 1 heterocycles. The summed E-state index contributed by atoms with van der Waals surface area (Å²) in [5.41, 5.74) is 1.88. The molecular weight excluding hydrogens is 246 g/mol. The zero-order valence-corrected chi connectivity index (χ0v) is 11.9. The maximum absolute atomic E-state index is 12.7. The van der Waals surface area contributed by atoms with Crippen molar-refractivity contribution in [1.82, 2.24) is 0 Å². The van der Waals surface area contributed by atoms with Gasteiger partial charge in [-0.25, -0.2) is 0 Å². The Morgan fingerprint density at radius 3 is 2.10 bits per heavy atom. The van der Waals surface area contributed by atoms with Gasteiger partial charge in [0.15, 0.2) is 0 Å². The summed E-state index contributed by atoms with van der Waals surface area (Å²) in [5, 5.41) is 0. The second kappa shape index (κ2) is 4.78. The minimum absolute atomic E-state index is 0.126. The van der Waals surface area contributed by atoms with E-state index >= 15 is 0 Å². The molecule has 0 bridgehead atoms. The molecule has 1 atom stereocenters. The van der Waals surface area contributed by atoms with Crippen LogP contribution in [-0.2, 0) is 4.79 Å². The second-order valence-corrected chi connectivity index (χ2v) is 6.03. The van der Waals surface area contributed by atoms with Crippen molar-refractivity contribution in [2.24, 2.45) is 5.41 Å². The first-order valence-corrected chi connectivity index (χ1v) is 7.03. The Morgan fingerprint density at radius 1 is 0.950 bits per heavy atom. The number of hydrogen-bond donors (Lipinski definition) is 0. The van der Waals surface area contributed by atoms with Gasteiger partial charge in [-0.1, -0.05) is 62.4 Å². The van der Waals surface area contributed by atoms with E-state index in [-0.39, 0.29) is 17.4 Å². The van der Waals surface area contributed by atoms with Crippen LogP contribution in [-0.4, -0.2) is 5.91 Å². The Kier molecular flexibility index (Phi) is 3.09. The average Bonchev–Trinajstić information content (AvgIpc) is 2.72. The third-order valence-electron chi connectivity index (χ3n) is 4.03. The zero-order chi connectivity index (χ0) is 14.2. The van der Waals surface area contributed by atoms with Gasteiger partial charge < -0.3 is 4.90 Å². The Morgan fingerprint density at radius 2 is 1.50 bits per heavy atom. The topological polar surface area (TPSA) is 20.3 Å². The van der Waals surface area contributed by atoms with E-state index in [9.17, 15) is 4.79 Å². The molecule has 3 rings (SSSR count). The first-order chi connectivity index (χ1) is 9.59. The Balaban J connectivity index is 2.06. The van der Waals surface area contributed by atoms with Gasteiger partial charge in [0.05, 0.1) is 6.04 Å². The van der Waals surface area contributed by atoms with Gasteiger partial charge in [0.25, 0.3) is 0 Å².